The Morgan fingerprint density at radius 3 is 2.17 bits per heavy atom. The summed E-state index contributed by atoms with van der Waals surface area (Å²) in [5.74, 6) is -1.57. The van der Waals surface area contributed by atoms with Crippen LogP contribution in [0.2, 0.25) is 10.0 Å². The minimum atomic E-state index is -4.18. The number of primary amides is 1. The Hall–Kier alpha value is -3.00. The summed E-state index contributed by atoms with van der Waals surface area (Å²) < 4.78 is 27.2. The van der Waals surface area contributed by atoms with Crippen LogP contribution in [0.25, 0.3) is 16.9 Å². The number of aliphatic hydroxyl groups excluding tert-OH is 1. The molecular weight excluding hydrogens is 447 g/mol. The van der Waals surface area contributed by atoms with Crippen molar-refractivity contribution in [2.75, 3.05) is 4.31 Å². The fourth-order valence-electron chi connectivity index (χ4n) is 3.28. The van der Waals surface area contributed by atoms with Crippen LogP contribution in [0.5, 0.6) is 0 Å². The SMILES string of the molecule is NC(=O)C1=C(O)c2ccccc2S(=O)(=O)N1c1ccc(-c2ccc(Cl)c(Cl)c2)cc1. The molecule has 0 saturated heterocycles. The van der Waals surface area contributed by atoms with Crippen LogP contribution in [-0.2, 0) is 14.8 Å². The highest BCUT2D eigenvalue weighted by Crippen LogP contribution is 2.39. The van der Waals surface area contributed by atoms with E-state index in [9.17, 15) is 18.3 Å². The third kappa shape index (κ3) is 3.21. The lowest BCUT2D eigenvalue weighted by Crippen LogP contribution is -2.40. The van der Waals surface area contributed by atoms with Gasteiger partial charge in [0.15, 0.2) is 11.5 Å². The van der Waals surface area contributed by atoms with Gasteiger partial charge in [0.25, 0.3) is 15.9 Å². The molecule has 1 heterocycles. The molecule has 0 unspecified atom stereocenters. The summed E-state index contributed by atoms with van der Waals surface area (Å²) in [6.45, 7) is 0. The number of benzene rings is 3. The van der Waals surface area contributed by atoms with Crippen molar-refractivity contribution in [1.29, 1.82) is 0 Å². The van der Waals surface area contributed by atoms with Crippen molar-refractivity contribution < 1.29 is 18.3 Å². The number of hydrogen-bond donors (Lipinski definition) is 2. The monoisotopic (exact) mass is 460 g/mol. The number of carbonyl (C=O) groups is 1. The first-order valence-electron chi connectivity index (χ1n) is 8.65. The topological polar surface area (TPSA) is 101 Å². The molecule has 4 rings (SSSR count). The van der Waals surface area contributed by atoms with Crippen molar-refractivity contribution in [3.05, 3.63) is 88.0 Å². The number of halogens is 2. The number of anilines is 1. The second-order valence-corrected chi connectivity index (χ2v) is 9.07. The maximum Gasteiger partial charge on any atom is 0.270 e. The van der Waals surface area contributed by atoms with Crippen molar-refractivity contribution in [1.82, 2.24) is 0 Å². The maximum absolute atomic E-state index is 13.2. The van der Waals surface area contributed by atoms with Crippen LogP contribution in [0, 0.1) is 0 Å². The van der Waals surface area contributed by atoms with Crippen LogP contribution in [0.4, 0.5) is 5.69 Å². The van der Waals surface area contributed by atoms with Crippen molar-refractivity contribution in [2.45, 2.75) is 4.90 Å². The molecule has 0 fully saturated rings. The van der Waals surface area contributed by atoms with Gasteiger partial charge in [-0.05, 0) is 47.5 Å². The first kappa shape index (κ1) is 20.3. The maximum atomic E-state index is 13.2. The van der Waals surface area contributed by atoms with E-state index in [-0.39, 0.29) is 16.1 Å². The van der Waals surface area contributed by atoms with Crippen LogP contribution in [0.15, 0.2) is 77.3 Å². The van der Waals surface area contributed by atoms with Crippen molar-refractivity contribution >= 4 is 50.6 Å². The third-order valence-electron chi connectivity index (χ3n) is 4.68. The first-order valence-corrected chi connectivity index (χ1v) is 10.8. The summed E-state index contributed by atoms with van der Waals surface area (Å²) >= 11 is 12.0. The highest BCUT2D eigenvalue weighted by atomic mass is 35.5. The normalized spacial score (nSPS) is 15.1. The van der Waals surface area contributed by atoms with Gasteiger partial charge in [-0.3, -0.25) is 4.79 Å². The van der Waals surface area contributed by atoms with Gasteiger partial charge < -0.3 is 10.8 Å². The summed E-state index contributed by atoms with van der Waals surface area (Å²) in [4.78, 5) is 12.0. The van der Waals surface area contributed by atoms with E-state index in [4.69, 9.17) is 28.9 Å². The van der Waals surface area contributed by atoms with Gasteiger partial charge in [0, 0.05) is 5.56 Å². The Morgan fingerprint density at radius 1 is 0.900 bits per heavy atom. The largest absolute Gasteiger partial charge is 0.505 e. The van der Waals surface area contributed by atoms with E-state index >= 15 is 0 Å². The van der Waals surface area contributed by atoms with Gasteiger partial charge in [-0.1, -0.05) is 53.5 Å². The summed E-state index contributed by atoms with van der Waals surface area (Å²) in [5.41, 5.74) is 6.60. The molecule has 3 N–H and O–H groups in total. The van der Waals surface area contributed by atoms with Gasteiger partial charge >= 0.3 is 0 Å². The van der Waals surface area contributed by atoms with Crippen LogP contribution < -0.4 is 10.0 Å². The number of aliphatic hydroxyl groups is 1. The van der Waals surface area contributed by atoms with Crippen LogP contribution >= 0.6 is 23.2 Å². The number of nitrogens with two attached hydrogens (primary N) is 1. The molecule has 1 aliphatic heterocycles. The summed E-state index contributed by atoms with van der Waals surface area (Å²) in [7, 11) is -4.18. The number of sulfonamides is 1. The lowest BCUT2D eigenvalue weighted by molar-refractivity contribution is -0.114. The van der Waals surface area contributed by atoms with E-state index in [0.717, 1.165) is 15.4 Å². The molecule has 1 aliphatic rings. The quantitative estimate of drug-likeness (QED) is 0.596. The molecule has 0 aromatic heterocycles. The zero-order valence-corrected chi connectivity index (χ0v) is 17.5. The molecule has 3 aromatic rings. The zero-order valence-electron chi connectivity index (χ0n) is 15.2. The third-order valence-corrected chi connectivity index (χ3v) is 7.20. The van der Waals surface area contributed by atoms with E-state index in [1.54, 1.807) is 36.4 Å². The predicted octanol–water partition coefficient (Wildman–Crippen LogP) is 4.58. The Kier molecular flexibility index (Phi) is 4.97. The lowest BCUT2D eigenvalue weighted by atomic mass is 10.1. The Labute approximate surface area is 182 Å². The van der Waals surface area contributed by atoms with E-state index < -0.39 is 27.4 Å². The second kappa shape index (κ2) is 7.36. The summed E-state index contributed by atoms with van der Waals surface area (Å²) in [6.07, 6.45) is 0. The summed E-state index contributed by atoms with van der Waals surface area (Å²) in [5, 5.41) is 11.4. The van der Waals surface area contributed by atoms with Gasteiger partial charge in [0.2, 0.25) is 0 Å². The Balaban J connectivity index is 1.85. The average Bonchev–Trinajstić information content (AvgIpc) is 2.72. The van der Waals surface area contributed by atoms with Crippen LogP contribution in [0.3, 0.4) is 0 Å². The molecule has 0 aliphatic carbocycles. The van der Waals surface area contributed by atoms with E-state index in [2.05, 4.69) is 0 Å². The minimum absolute atomic E-state index is 0.0231. The van der Waals surface area contributed by atoms with E-state index in [1.165, 1.54) is 30.3 Å². The van der Waals surface area contributed by atoms with Gasteiger partial charge in [0.05, 0.1) is 20.6 Å². The van der Waals surface area contributed by atoms with Crippen LogP contribution in [-0.4, -0.2) is 19.4 Å². The molecule has 6 nitrogen and oxygen atoms in total. The molecule has 0 saturated carbocycles. The van der Waals surface area contributed by atoms with Crippen LogP contribution in [0.1, 0.15) is 5.56 Å². The molecule has 0 bridgehead atoms. The minimum Gasteiger partial charge on any atom is -0.505 e. The molecule has 9 heteroatoms. The highest BCUT2D eigenvalue weighted by molar-refractivity contribution is 7.93. The van der Waals surface area contributed by atoms with E-state index in [0.29, 0.717) is 10.0 Å². The number of hydrogen-bond acceptors (Lipinski definition) is 4. The Bertz CT molecular complexity index is 1320. The van der Waals surface area contributed by atoms with Crippen molar-refractivity contribution in [3.63, 3.8) is 0 Å². The Morgan fingerprint density at radius 2 is 1.53 bits per heavy atom. The number of carbonyl (C=O) groups excluding carboxylic acids is 1. The number of fused-ring (bicyclic) bond motifs is 1. The van der Waals surface area contributed by atoms with Gasteiger partial charge in [-0.15, -0.1) is 0 Å². The number of amides is 1. The lowest BCUT2D eigenvalue weighted by Gasteiger charge is -2.30. The molecule has 0 radical (unpaired) electrons. The number of rotatable bonds is 3. The van der Waals surface area contributed by atoms with E-state index in [1.807, 2.05) is 0 Å². The smallest absolute Gasteiger partial charge is 0.270 e. The average molecular weight is 461 g/mol. The van der Waals surface area contributed by atoms with Gasteiger partial charge in [-0.25, -0.2) is 12.7 Å². The van der Waals surface area contributed by atoms with Crippen molar-refractivity contribution in [3.8, 4) is 11.1 Å². The first-order chi connectivity index (χ1) is 14.2. The highest BCUT2D eigenvalue weighted by Gasteiger charge is 2.40. The molecule has 30 heavy (non-hydrogen) atoms. The van der Waals surface area contributed by atoms with Gasteiger partial charge in [0.1, 0.15) is 0 Å². The fraction of sp³-hybridized carbons (Fsp3) is 0. The summed E-state index contributed by atoms with van der Waals surface area (Å²) in [6, 6.07) is 17.3. The zero-order chi connectivity index (χ0) is 21.6. The predicted molar refractivity (Wildman–Crippen MR) is 117 cm³/mol. The standard InChI is InChI=1S/C21H14Cl2N2O4S/c22-16-10-7-13(11-17(16)23)12-5-8-14(9-6-12)25-19(21(24)27)20(26)15-3-1-2-4-18(15)30(25,28)29/h1-11,26H,(H2,24,27). The number of nitrogens with zero attached hydrogens (tertiary/aromatic N) is 1. The molecule has 0 spiro atoms. The van der Waals surface area contributed by atoms with Gasteiger partial charge in [-0.2, -0.15) is 0 Å². The molecule has 1 amide bonds. The molecular formula is C21H14Cl2N2O4S. The molecule has 0 atom stereocenters. The molecule has 3 aromatic carbocycles. The second-order valence-electron chi connectivity index (χ2n) is 6.50. The van der Waals surface area contributed by atoms with Crippen molar-refractivity contribution in [2.24, 2.45) is 5.73 Å². The molecule has 152 valence electrons. The fourth-order valence-corrected chi connectivity index (χ4v) is 5.28.